The van der Waals surface area contributed by atoms with Gasteiger partial charge in [0.15, 0.2) is 0 Å². The molecule has 0 amide bonds. The number of fused-ring (bicyclic) bond motifs is 1. The second kappa shape index (κ2) is 6.06. The van der Waals surface area contributed by atoms with Gasteiger partial charge >= 0.3 is 156 Å². The predicted molar refractivity (Wildman–Crippen MR) is 111 cm³/mol. The number of hydrogen-bond donors (Lipinski definition) is 1. The van der Waals surface area contributed by atoms with E-state index in [4.69, 9.17) is 0 Å². The van der Waals surface area contributed by atoms with Crippen LogP contribution in [-0.4, -0.2) is 13.2 Å². The van der Waals surface area contributed by atoms with Crippen molar-refractivity contribution < 1.29 is 14.3 Å². The molecule has 0 saturated heterocycles. The Kier molecular flexibility index (Phi) is 4.57. The van der Waals surface area contributed by atoms with Gasteiger partial charge in [0.25, 0.3) is 0 Å². The zero-order chi connectivity index (χ0) is 18.5. The monoisotopic (exact) mass is 385 g/mol. The molecule has 3 rings (SSSR count). The first-order chi connectivity index (χ1) is 11.5. The van der Waals surface area contributed by atoms with Crippen LogP contribution in [0.4, 0.5) is 0 Å². The summed E-state index contributed by atoms with van der Waals surface area (Å²) in [5.41, 5.74) is 7.29. The number of hydrogen-bond acceptors (Lipinski definition) is 1. The van der Waals surface area contributed by atoms with Gasteiger partial charge in [0.2, 0.25) is 0 Å². The summed E-state index contributed by atoms with van der Waals surface area (Å²) in [6.07, 6.45) is 2.44. The van der Waals surface area contributed by atoms with Crippen molar-refractivity contribution in [3.05, 3.63) is 65.2 Å². The fourth-order valence-corrected chi connectivity index (χ4v) is 17.8. The maximum absolute atomic E-state index is 4.11. The van der Waals surface area contributed by atoms with E-state index >= 15 is 0 Å². The summed E-state index contributed by atoms with van der Waals surface area (Å²) in [7, 11) is 2.28. The molecular formula is C22H31NSiTi. The van der Waals surface area contributed by atoms with Gasteiger partial charge in [0, 0.05) is 0 Å². The Morgan fingerprint density at radius 1 is 0.960 bits per heavy atom. The molecule has 0 spiro atoms. The van der Waals surface area contributed by atoms with Crippen LogP contribution in [0.1, 0.15) is 43.0 Å². The van der Waals surface area contributed by atoms with Crippen molar-refractivity contribution in [2.24, 2.45) is 0 Å². The van der Waals surface area contributed by atoms with Gasteiger partial charge in [-0.1, -0.05) is 0 Å². The first-order valence-corrected chi connectivity index (χ1v) is 18.0. The third-order valence-corrected chi connectivity index (χ3v) is 14.0. The van der Waals surface area contributed by atoms with Gasteiger partial charge < -0.3 is 0 Å². The Morgan fingerprint density at radius 2 is 1.60 bits per heavy atom. The molecule has 0 saturated carbocycles. The zero-order valence-corrected chi connectivity index (χ0v) is 19.5. The molecule has 0 aromatic heterocycles. The van der Waals surface area contributed by atoms with Gasteiger partial charge in [-0.15, -0.1) is 0 Å². The van der Waals surface area contributed by atoms with E-state index in [0.717, 1.165) is 0 Å². The van der Waals surface area contributed by atoms with E-state index in [1.807, 2.05) is 0 Å². The van der Waals surface area contributed by atoms with Crippen LogP contribution in [0.15, 0.2) is 54.1 Å². The molecule has 132 valence electrons. The minimum absolute atomic E-state index is 0.141. The van der Waals surface area contributed by atoms with Crippen LogP contribution in [0, 0.1) is 0 Å². The normalized spacial score (nSPS) is 18.0. The average molecular weight is 385 g/mol. The molecule has 25 heavy (non-hydrogen) atoms. The molecule has 1 aliphatic carbocycles. The molecule has 1 atom stereocenters. The second-order valence-electron chi connectivity index (χ2n) is 9.68. The standard InChI is InChI=1S/C16H13.C4H10N.2CH3.H2Si.Ti/c1-12-10-14-8-5-9-15(16(14)11-12)13-6-3-2-4-7-13;1-4(2,3)5;;;;/h2-11H,1H3;5H,1-3H3;2*1H3;1H2;/q;-1;;;;+1. The van der Waals surface area contributed by atoms with E-state index in [0.29, 0.717) is 4.22 Å². The summed E-state index contributed by atoms with van der Waals surface area (Å²) in [4.78, 5) is 0. The van der Waals surface area contributed by atoms with Gasteiger partial charge in [-0.2, -0.15) is 0 Å². The molecule has 0 bridgehead atoms. The van der Waals surface area contributed by atoms with E-state index in [1.165, 1.54) is 27.8 Å². The number of rotatable bonds is 3. The molecule has 1 N–H and O–H groups in total. The molecule has 0 radical (unpaired) electrons. The van der Waals surface area contributed by atoms with Crippen molar-refractivity contribution in [3.63, 3.8) is 0 Å². The SMILES string of the molecule is CC1=Cc2c(-c3ccccc3)cccc2[CH]1[Ti]([CH3])([CH3])(=[SiH2])[NH]C(C)(C)C. The summed E-state index contributed by atoms with van der Waals surface area (Å²) < 4.78 is 4.66. The van der Waals surface area contributed by atoms with E-state index in [1.54, 1.807) is 0 Å². The topological polar surface area (TPSA) is 12.0 Å². The zero-order valence-electron chi connectivity index (χ0n) is 16.5. The van der Waals surface area contributed by atoms with Crippen molar-refractivity contribution >= 4 is 13.7 Å². The number of benzene rings is 2. The number of nitrogens with one attached hydrogen (secondary N) is 1. The average Bonchev–Trinajstić information content (AvgIpc) is 2.81. The third-order valence-electron chi connectivity index (χ3n) is 5.07. The van der Waals surface area contributed by atoms with Crippen LogP contribution >= 0.6 is 0 Å². The summed E-state index contributed by atoms with van der Waals surface area (Å²) >= 11 is -2.92. The molecule has 2 aromatic carbocycles. The van der Waals surface area contributed by atoms with Crippen LogP contribution in [0.5, 0.6) is 0 Å². The van der Waals surface area contributed by atoms with Gasteiger partial charge in [0.05, 0.1) is 0 Å². The second-order valence-corrected chi connectivity index (χ2v) is 28.7. The molecule has 0 fully saturated rings. The van der Waals surface area contributed by atoms with Gasteiger partial charge in [-0.3, -0.25) is 0 Å². The van der Waals surface area contributed by atoms with Gasteiger partial charge in [-0.05, 0) is 0 Å². The molecule has 0 aliphatic heterocycles. The Hall–Kier alpha value is -0.929. The first kappa shape index (κ1) is 18.9. The molecule has 1 unspecified atom stereocenters. The van der Waals surface area contributed by atoms with Crippen molar-refractivity contribution in [2.45, 2.75) is 47.9 Å². The van der Waals surface area contributed by atoms with Crippen molar-refractivity contribution in [1.29, 1.82) is 0 Å². The minimum atomic E-state index is -2.92. The Bertz CT molecular complexity index is 897. The van der Waals surface area contributed by atoms with Gasteiger partial charge in [-0.25, -0.2) is 0 Å². The Morgan fingerprint density at radius 3 is 2.20 bits per heavy atom. The van der Waals surface area contributed by atoms with Crippen LogP contribution < -0.4 is 3.80 Å². The van der Waals surface area contributed by atoms with Crippen molar-refractivity contribution in [3.8, 4) is 11.1 Å². The fourth-order valence-electron chi connectivity index (χ4n) is 4.95. The maximum atomic E-state index is 4.11. The molecule has 2 aromatic rings. The summed E-state index contributed by atoms with van der Waals surface area (Å²) in [6, 6.07) is 17.6. The summed E-state index contributed by atoms with van der Waals surface area (Å²) in [5.74, 6) is 0. The van der Waals surface area contributed by atoms with Crippen molar-refractivity contribution in [2.75, 3.05) is 0 Å². The van der Waals surface area contributed by atoms with E-state index < -0.39 is 14.3 Å². The molecule has 1 nitrogen and oxygen atoms in total. The molecular weight excluding hydrogens is 354 g/mol. The summed E-state index contributed by atoms with van der Waals surface area (Å²) in [5, 5.41) is 5.10. The van der Waals surface area contributed by atoms with Crippen LogP contribution in [0.3, 0.4) is 0 Å². The van der Waals surface area contributed by atoms with E-state index in [-0.39, 0.29) is 5.54 Å². The Labute approximate surface area is 155 Å². The first-order valence-electron chi connectivity index (χ1n) is 9.20. The van der Waals surface area contributed by atoms with Crippen LogP contribution in [0.2, 0.25) is 10.5 Å². The van der Waals surface area contributed by atoms with Crippen LogP contribution in [-0.2, 0) is 14.3 Å². The van der Waals surface area contributed by atoms with Crippen molar-refractivity contribution in [1.82, 2.24) is 3.80 Å². The molecule has 0 heterocycles. The molecule has 1 aliphatic rings. The predicted octanol–water partition coefficient (Wildman–Crippen LogP) is 5.45. The molecule has 3 heteroatoms. The van der Waals surface area contributed by atoms with E-state index in [2.05, 4.69) is 104 Å². The number of allylic oxidation sites excluding steroid dienone is 1. The Balaban J connectivity index is 2.16. The van der Waals surface area contributed by atoms with Gasteiger partial charge in [0.1, 0.15) is 0 Å². The fraction of sp³-hybridized carbons (Fsp3) is 0.364. The van der Waals surface area contributed by atoms with E-state index in [9.17, 15) is 0 Å². The summed E-state index contributed by atoms with van der Waals surface area (Å²) in [6.45, 7) is 9.22. The van der Waals surface area contributed by atoms with Crippen LogP contribution in [0.25, 0.3) is 17.2 Å². The quantitative estimate of drug-likeness (QED) is 0.693. The third kappa shape index (κ3) is 3.78.